The van der Waals surface area contributed by atoms with Crippen LogP contribution in [0, 0.1) is 0 Å². The minimum atomic E-state index is -0.182. The lowest BCUT2D eigenvalue weighted by Crippen LogP contribution is -2.37. The summed E-state index contributed by atoms with van der Waals surface area (Å²) in [4.78, 5) is 21.6. The average Bonchev–Trinajstić information content (AvgIpc) is 3.19. The number of hydrogen-bond donors (Lipinski definition) is 0. The predicted octanol–water partition coefficient (Wildman–Crippen LogP) is 3.89. The Morgan fingerprint density at radius 1 is 1.21 bits per heavy atom. The third-order valence-electron chi connectivity index (χ3n) is 5.26. The summed E-state index contributed by atoms with van der Waals surface area (Å²) in [6, 6.07) is 13.5. The molecule has 0 N–H and O–H groups in total. The van der Waals surface area contributed by atoms with Crippen molar-refractivity contribution in [2.75, 3.05) is 37.7 Å². The molecule has 1 aromatic carbocycles. The van der Waals surface area contributed by atoms with Crippen molar-refractivity contribution >= 4 is 22.6 Å². The molecule has 1 atom stereocenters. The summed E-state index contributed by atoms with van der Waals surface area (Å²) < 4.78 is 11.4. The highest BCUT2D eigenvalue weighted by Crippen LogP contribution is 2.28. The van der Waals surface area contributed by atoms with Gasteiger partial charge in [-0.1, -0.05) is 18.2 Å². The molecule has 146 valence electrons. The number of carbonyl (C=O) groups excluding carboxylic acids is 1. The Bertz CT molecular complexity index is 929. The van der Waals surface area contributed by atoms with Crippen LogP contribution in [0.25, 0.3) is 11.0 Å². The molecule has 0 aliphatic carbocycles. The third-order valence-corrected chi connectivity index (χ3v) is 5.26. The number of furan rings is 1. The maximum Gasteiger partial charge on any atom is 0.273 e. The summed E-state index contributed by atoms with van der Waals surface area (Å²) in [5.41, 5.74) is 2.29. The molecular weight excluding hydrogens is 354 g/mol. The lowest BCUT2D eigenvalue weighted by atomic mass is 10.1. The number of rotatable bonds is 5. The van der Waals surface area contributed by atoms with E-state index in [1.54, 1.807) is 11.1 Å². The van der Waals surface area contributed by atoms with Gasteiger partial charge >= 0.3 is 0 Å². The van der Waals surface area contributed by atoms with Crippen molar-refractivity contribution in [3.8, 4) is 0 Å². The van der Waals surface area contributed by atoms with Crippen LogP contribution in [-0.2, 0) is 4.74 Å². The van der Waals surface area contributed by atoms with Gasteiger partial charge in [0.1, 0.15) is 17.0 Å². The first-order chi connectivity index (χ1) is 13.7. The fourth-order valence-electron chi connectivity index (χ4n) is 3.66. The maximum atomic E-state index is 13.2. The van der Waals surface area contributed by atoms with Crippen molar-refractivity contribution in [3.05, 3.63) is 60.1 Å². The molecule has 0 saturated carbocycles. The van der Waals surface area contributed by atoms with Gasteiger partial charge in [-0.3, -0.25) is 9.78 Å². The number of ether oxygens (including phenoxy) is 1. The minimum absolute atomic E-state index is 0.0921. The van der Waals surface area contributed by atoms with Crippen molar-refractivity contribution in [2.24, 2.45) is 0 Å². The van der Waals surface area contributed by atoms with Crippen LogP contribution in [0.3, 0.4) is 0 Å². The number of morpholine rings is 1. The van der Waals surface area contributed by atoms with Crippen molar-refractivity contribution in [1.82, 2.24) is 9.88 Å². The van der Waals surface area contributed by atoms with E-state index >= 15 is 0 Å². The summed E-state index contributed by atoms with van der Waals surface area (Å²) in [6.07, 6.45) is 1.71. The van der Waals surface area contributed by atoms with Gasteiger partial charge in [0.2, 0.25) is 0 Å². The molecule has 1 amide bonds. The van der Waals surface area contributed by atoms with E-state index in [1.807, 2.05) is 56.3 Å². The molecule has 1 fully saturated rings. The molecule has 3 aromatic rings. The van der Waals surface area contributed by atoms with Crippen molar-refractivity contribution in [1.29, 1.82) is 0 Å². The number of nitrogens with zero attached hydrogens (tertiary/aromatic N) is 3. The molecule has 0 spiro atoms. The molecule has 2 aromatic heterocycles. The van der Waals surface area contributed by atoms with Crippen LogP contribution >= 0.6 is 0 Å². The SMILES string of the molecule is CCN(C(=O)c1cc(N2CCOCC2)ccn1)C(C)c1cc2ccccc2o1. The van der Waals surface area contributed by atoms with Gasteiger partial charge in [0.05, 0.1) is 19.3 Å². The summed E-state index contributed by atoms with van der Waals surface area (Å²) in [5.74, 6) is 0.686. The number of hydrogen-bond acceptors (Lipinski definition) is 5. The van der Waals surface area contributed by atoms with E-state index in [0.29, 0.717) is 25.5 Å². The molecule has 1 saturated heterocycles. The standard InChI is InChI=1S/C22H25N3O3/c1-3-25(16(2)21-14-17-6-4-5-7-20(17)28-21)22(26)19-15-18(8-9-23-19)24-10-12-27-13-11-24/h4-9,14-16H,3,10-13H2,1-2H3. The Hall–Kier alpha value is -2.86. The number of anilines is 1. The van der Waals surface area contributed by atoms with Gasteiger partial charge in [0, 0.05) is 36.9 Å². The van der Waals surface area contributed by atoms with E-state index in [4.69, 9.17) is 9.15 Å². The van der Waals surface area contributed by atoms with Crippen LogP contribution < -0.4 is 4.90 Å². The topological polar surface area (TPSA) is 58.8 Å². The molecule has 6 nitrogen and oxygen atoms in total. The van der Waals surface area contributed by atoms with Crippen LogP contribution in [0.4, 0.5) is 5.69 Å². The fraction of sp³-hybridized carbons (Fsp3) is 0.364. The molecular formula is C22H25N3O3. The fourth-order valence-corrected chi connectivity index (χ4v) is 3.66. The van der Waals surface area contributed by atoms with E-state index in [-0.39, 0.29) is 11.9 Å². The number of fused-ring (bicyclic) bond motifs is 1. The Morgan fingerprint density at radius 2 is 2.00 bits per heavy atom. The Kier molecular flexibility index (Phi) is 5.30. The minimum Gasteiger partial charge on any atom is -0.459 e. The number of carbonyl (C=O) groups is 1. The largest absolute Gasteiger partial charge is 0.459 e. The smallest absolute Gasteiger partial charge is 0.273 e. The molecule has 1 aliphatic rings. The van der Waals surface area contributed by atoms with Gasteiger partial charge in [-0.15, -0.1) is 0 Å². The number of para-hydroxylation sites is 1. The Morgan fingerprint density at radius 3 is 2.75 bits per heavy atom. The maximum absolute atomic E-state index is 13.2. The van der Waals surface area contributed by atoms with E-state index in [2.05, 4.69) is 9.88 Å². The zero-order chi connectivity index (χ0) is 19.5. The summed E-state index contributed by atoms with van der Waals surface area (Å²) in [5, 5.41) is 1.04. The first-order valence-corrected chi connectivity index (χ1v) is 9.75. The Balaban J connectivity index is 1.58. The zero-order valence-electron chi connectivity index (χ0n) is 16.3. The van der Waals surface area contributed by atoms with E-state index < -0.39 is 0 Å². The molecule has 0 radical (unpaired) electrons. The van der Waals surface area contributed by atoms with Crippen LogP contribution in [0.5, 0.6) is 0 Å². The molecule has 4 rings (SSSR count). The Labute approximate surface area is 164 Å². The molecule has 1 aliphatic heterocycles. The average molecular weight is 379 g/mol. The second-order valence-electron chi connectivity index (χ2n) is 6.95. The van der Waals surface area contributed by atoms with Gasteiger partial charge in [-0.2, -0.15) is 0 Å². The first kappa shape index (κ1) is 18.5. The molecule has 28 heavy (non-hydrogen) atoms. The summed E-state index contributed by atoms with van der Waals surface area (Å²) in [7, 11) is 0. The van der Waals surface area contributed by atoms with Crippen LogP contribution in [0.2, 0.25) is 0 Å². The van der Waals surface area contributed by atoms with Crippen molar-refractivity contribution in [3.63, 3.8) is 0 Å². The highest BCUT2D eigenvalue weighted by Gasteiger charge is 2.25. The van der Waals surface area contributed by atoms with Gasteiger partial charge in [-0.25, -0.2) is 0 Å². The number of pyridine rings is 1. The van der Waals surface area contributed by atoms with Crippen LogP contribution in [0.1, 0.15) is 36.1 Å². The second-order valence-corrected chi connectivity index (χ2v) is 6.95. The van der Waals surface area contributed by atoms with Gasteiger partial charge in [0.25, 0.3) is 5.91 Å². The number of amides is 1. The number of aromatic nitrogens is 1. The highest BCUT2D eigenvalue weighted by molar-refractivity contribution is 5.93. The van der Waals surface area contributed by atoms with E-state index in [0.717, 1.165) is 35.5 Å². The molecule has 0 bridgehead atoms. The quantitative estimate of drug-likeness (QED) is 0.673. The highest BCUT2D eigenvalue weighted by atomic mass is 16.5. The normalized spacial score (nSPS) is 15.6. The van der Waals surface area contributed by atoms with Crippen molar-refractivity contribution in [2.45, 2.75) is 19.9 Å². The lowest BCUT2D eigenvalue weighted by molar-refractivity contribution is 0.0678. The molecule has 3 heterocycles. The predicted molar refractivity (Wildman–Crippen MR) is 109 cm³/mol. The first-order valence-electron chi connectivity index (χ1n) is 9.75. The van der Waals surface area contributed by atoms with Gasteiger partial charge in [-0.05, 0) is 38.1 Å². The molecule has 6 heteroatoms. The van der Waals surface area contributed by atoms with Crippen LogP contribution in [-0.4, -0.2) is 48.6 Å². The third kappa shape index (κ3) is 3.60. The lowest BCUT2D eigenvalue weighted by Gasteiger charge is -2.30. The zero-order valence-corrected chi connectivity index (χ0v) is 16.3. The van der Waals surface area contributed by atoms with E-state index in [9.17, 15) is 4.79 Å². The van der Waals surface area contributed by atoms with Gasteiger partial charge in [0.15, 0.2) is 0 Å². The monoisotopic (exact) mass is 379 g/mol. The molecule has 1 unspecified atom stereocenters. The van der Waals surface area contributed by atoms with Crippen LogP contribution in [0.15, 0.2) is 53.1 Å². The summed E-state index contributed by atoms with van der Waals surface area (Å²) >= 11 is 0. The van der Waals surface area contributed by atoms with Crippen molar-refractivity contribution < 1.29 is 13.9 Å². The van der Waals surface area contributed by atoms with E-state index in [1.165, 1.54) is 0 Å². The number of benzene rings is 1. The summed E-state index contributed by atoms with van der Waals surface area (Å²) in [6.45, 7) is 7.59. The second kappa shape index (κ2) is 8.02. The van der Waals surface area contributed by atoms with Gasteiger partial charge < -0.3 is 19.0 Å².